The molecular formula is C15H30O. The van der Waals surface area contributed by atoms with Crippen LogP contribution in [0.1, 0.15) is 71.1 Å². The van der Waals surface area contributed by atoms with Gasteiger partial charge in [0, 0.05) is 6.61 Å². The van der Waals surface area contributed by atoms with Gasteiger partial charge in [-0.05, 0) is 20.3 Å². The van der Waals surface area contributed by atoms with E-state index in [1.165, 1.54) is 57.8 Å². The van der Waals surface area contributed by atoms with Crippen molar-refractivity contribution in [1.29, 1.82) is 0 Å². The van der Waals surface area contributed by atoms with Gasteiger partial charge in [-0.2, -0.15) is 0 Å². The second-order valence-corrected chi connectivity index (χ2v) is 4.67. The van der Waals surface area contributed by atoms with Crippen LogP contribution in [0.15, 0.2) is 0 Å². The Morgan fingerprint density at radius 2 is 1.19 bits per heavy atom. The van der Waals surface area contributed by atoms with Crippen molar-refractivity contribution in [2.75, 3.05) is 6.61 Å². The Bertz CT molecular complexity index is 121. The average molecular weight is 226 g/mol. The molecule has 0 aliphatic heterocycles. The van der Waals surface area contributed by atoms with Crippen LogP contribution in [0.5, 0.6) is 0 Å². The maximum atomic E-state index is 5.29. The van der Waals surface area contributed by atoms with E-state index in [1.807, 2.05) is 0 Å². The van der Waals surface area contributed by atoms with Crippen molar-refractivity contribution >= 4 is 0 Å². The number of hydrogen-bond acceptors (Lipinski definition) is 1. The molecule has 0 amide bonds. The highest BCUT2D eigenvalue weighted by atomic mass is 16.5. The van der Waals surface area contributed by atoms with Gasteiger partial charge in [0.05, 0.1) is 6.10 Å². The van der Waals surface area contributed by atoms with Gasteiger partial charge in [0.2, 0.25) is 0 Å². The smallest absolute Gasteiger partial charge is 0.0577 e. The largest absolute Gasteiger partial charge is 0.378 e. The Morgan fingerprint density at radius 1 is 0.750 bits per heavy atom. The second kappa shape index (κ2) is 13.0. The quantitative estimate of drug-likeness (QED) is 0.427. The highest BCUT2D eigenvalue weighted by molar-refractivity contribution is 4.60. The highest BCUT2D eigenvalue weighted by Gasteiger charge is 1.94. The van der Waals surface area contributed by atoms with Crippen molar-refractivity contribution in [1.82, 2.24) is 0 Å². The zero-order valence-electron chi connectivity index (χ0n) is 11.2. The van der Waals surface area contributed by atoms with Crippen molar-refractivity contribution in [2.45, 2.75) is 77.2 Å². The van der Waals surface area contributed by atoms with E-state index in [0.717, 1.165) is 13.0 Å². The van der Waals surface area contributed by atoms with Crippen molar-refractivity contribution in [3.8, 4) is 0 Å². The fourth-order valence-corrected chi connectivity index (χ4v) is 1.84. The number of ether oxygens (including phenoxy) is 1. The maximum Gasteiger partial charge on any atom is 0.0577 e. The van der Waals surface area contributed by atoms with Gasteiger partial charge in [-0.3, -0.25) is 0 Å². The van der Waals surface area contributed by atoms with Crippen LogP contribution in [-0.4, -0.2) is 12.7 Å². The minimum absolute atomic E-state index is 0.0986. The molecule has 2 radical (unpaired) electrons. The van der Waals surface area contributed by atoms with Gasteiger partial charge < -0.3 is 4.74 Å². The zero-order valence-corrected chi connectivity index (χ0v) is 11.2. The number of rotatable bonds is 12. The standard InChI is InChI=1S/C15H30O/c1-4-5-6-7-8-9-10-11-12-13-14-16-15(2)3/h15H,2-14H2,1H3. The molecule has 1 heteroatoms. The van der Waals surface area contributed by atoms with Crippen molar-refractivity contribution in [3.63, 3.8) is 0 Å². The van der Waals surface area contributed by atoms with Gasteiger partial charge >= 0.3 is 0 Å². The van der Waals surface area contributed by atoms with Crippen molar-refractivity contribution < 1.29 is 4.74 Å². The van der Waals surface area contributed by atoms with E-state index in [4.69, 9.17) is 4.74 Å². The summed E-state index contributed by atoms with van der Waals surface area (Å²) >= 11 is 0. The Balaban J connectivity index is 2.88. The molecule has 0 aromatic carbocycles. The van der Waals surface area contributed by atoms with Crippen molar-refractivity contribution in [2.24, 2.45) is 0 Å². The molecule has 96 valence electrons. The summed E-state index contributed by atoms with van der Waals surface area (Å²) in [5, 5.41) is 0. The Labute approximate surface area is 103 Å². The summed E-state index contributed by atoms with van der Waals surface area (Å²) in [6.45, 7) is 10.5. The molecule has 0 heterocycles. The van der Waals surface area contributed by atoms with Crippen LogP contribution in [0.25, 0.3) is 0 Å². The van der Waals surface area contributed by atoms with Gasteiger partial charge in [-0.1, -0.05) is 64.7 Å². The average Bonchev–Trinajstić information content (AvgIpc) is 2.25. The van der Waals surface area contributed by atoms with Crippen LogP contribution in [-0.2, 0) is 4.74 Å². The van der Waals surface area contributed by atoms with Crippen LogP contribution in [0, 0.1) is 13.8 Å². The number of unbranched alkanes of at least 4 members (excludes halogenated alkanes) is 9. The Kier molecular flexibility index (Phi) is 13.0. The Hall–Kier alpha value is -0.0400. The third-order valence-electron chi connectivity index (χ3n) is 2.85. The van der Waals surface area contributed by atoms with E-state index in [-0.39, 0.29) is 6.10 Å². The molecule has 16 heavy (non-hydrogen) atoms. The van der Waals surface area contributed by atoms with E-state index in [1.54, 1.807) is 0 Å². The first kappa shape index (κ1) is 16.0. The van der Waals surface area contributed by atoms with Gasteiger partial charge in [-0.25, -0.2) is 0 Å². The maximum absolute atomic E-state index is 5.29. The predicted octanol–water partition coefficient (Wildman–Crippen LogP) is 4.96. The predicted molar refractivity (Wildman–Crippen MR) is 72.3 cm³/mol. The molecule has 0 spiro atoms. The summed E-state index contributed by atoms with van der Waals surface area (Å²) in [6, 6.07) is 0. The third kappa shape index (κ3) is 14.0. The Morgan fingerprint density at radius 3 is 1.62 bits per heavy atom. The molecule has 0 rings (SSSR count). The summed E-state index contributed by atoms with van der Waals surface area (Å²) in [7, 11) is 0. The van der Waals surface area contributed by atoms with E-state index in [2.05, 4.69) is 20.8 Å². The molecule has 0 aromatic heterocycles. The lowest BCUT2D eigenvalue weighted by molar-refractivity contribution is 0.108. The summed E-state index contributed by atoms with van der Waals surface area (Å²) in [5.41, 5.74) is 0. The highest BCUT2D eigenvalue weighted by Crippen LogP contribution is 2.10. The van der Waals surface area contributed by atoms with E-state index in [0.29, 0.717) is 0 Å². The van der Waals surface area contributed by atoms with Crippen LogP contribution < -0.4 is 0 Å². The normalized spacial score (nSPS) is 11.2. The van der Waals surface area contributed by atoms with E-state index >= 15 is 0 Å². The van der Waals surface area contributed by atoms with Gasteiger partial charge in [0.25, 0.3) is 0 Å². The fraction of sp³-hybridized carbons (Fsp3) is 0.867. The van der Waals surface area contributed by atoms with Crippen LogP contribution in [0.3, 0.4) is 0 Å². The molecule has 0 aromatic rings. The minimum atomic E-state index is -0.0986. The van der Waals surface area contributed by atoms with Gasteiger partial charge in [0.1, 0.15) is 0 Å². The zero-order chi connectivity index (χ0) is 12.1. The SMILES string of the molecule is [CH2]C([CH2])OCCCCCCCCCCCC. The van der Waals surface area contributed by atoms with Crippen LogP contribution >= 0.6 is 0 Å². The van der Waals surface area contributed by atoms with Crippen molar-refractivity contribution in [3.05, 3.63) is 13.8 Å². The summed E-state index contributed by atoms with van der Waals surface area (Å²) in [6.07, 6.45) is 13.6. The summed E-state index contributed by atoms with van der Waals surface area (Å²) in [4.78, 5) is 0. The molecular weight excluding hydrogens is 196 g/mol. The topological polar surface area (TPSA) is 9.23 Å². The molecule has 0 saturated carbocycles. The summed E-state index contributed by atoms with van der Waals surface area (Å²) < 4.78 is 5.29. The molecule has 0 atom stereocenters. The number of hydrogen-bond donors (Lipinski definition) is 0. The lowest BCUT2D eigenvalue weighted by Crippen LogP contribution is -2.04. The first-order chi connectivity index (χ1) is 7.77. The van der Waals surface area contributed by atoms with Crippen LogP contribution in [0.4, 0.5) is 0 Å². The van der Waals surface area contributed by atoms with Gasteiger partial charge in [0.15, 0.2) is 0 Å². The summed E-state index contributed by atoms with van der Waals surface area (Å²) in [5.74, 6) is 0. The van der Waals surface area contributed by atoms with E-state index in [9.17, 15) is 0 Å². The first-order valence-corrected chi connectivity index (χ1v) is 7.05. The van der Waals surface area contributed by atoms with Crippen LogP contribution in [0.2, 0.25) is 0 Å². The second-order valence-electron chi connectivity index (χ2n) is 4.67. The molecule has 0 bridgehead atoms. The van der Waals surface area contributed by atoms with Gasteiger partial charge in [-0.15, -0.1) is 0 Å². The van der Waals surface area contributed by atoms with E-state index < -0.39 is 0 Å². The molecule has 0 saturated heterocycles. The molecule has 0 N–H and O–H groups in total. The lowest BCUT2D eigenvalue weighted by atomic mass is 10.1. The molecule has 0 fully saturated rings. The monoisotopic (exact) mass is 226 g/mol. The molecule has 0 unspecified atom stereocenters. The molecule has 0 aliphatic rings. The fourth-order valence-electron chi connectivity index (χ4n) is 1.84. The first-order valence-electron chi connectivity index (χ1n) is 7.05. The molecule has 0 aliphatic carbocycles. The minimum Gasteiger partial charge on any atom is -0.378 e. The third-order valence-corrected chi connectivity index (χ3v) is 2.85. The molecule has 1 nitrogen and oxygen atoms in total. The lowest BCUT2D eigenvalue weighted by Gasteiger charge is -2.06.